The van der Waals surface area contributed by atoms with Crippen molar-refractivity contribution in [1.29, 1.82) is 0 Å². The first-order valence-electron chi connectivity index (χ1n) is 8.53. The summed E-state index contributed by atoms with van der Waals surface area (Å²) in [7, 11) is 0. The van der Waals surface area contributed by atoms with Crippen LogP contribution in [0.4, 0.5) is 0 Å². The first-order valence-corrected chi connectivity index (χ1v) is 8.53. The summed E-state index contributed by atoms with van der Waals surface area (Å²) < 4.78 is 11.1. The topological polar surface area (TPSA) is 42.0 Å². The number of nitrogens with zero attached hydrogens (tertiary/aromatic N) is 2. The summed E-state index contributed by atoms with van der Waals surface area (Å²) in [6.45, 7) is 7.01. The maximum atomic E-state index is 12.5. The van der Waals surface area contributed by atoms with E-state index in [9.17, 15) is 4.79 Å². The van der Waals surface area contributed by atoms with E-state index in [1.165, 1.54) is 19.3 Å². The highest BCUT2D eigenvalue weighted by Crippen LogP contribution is 2.22. The Morgan fingerprint density at radius 2 is 1.71 bits per heavy atom. The SMILES string of the molecule is O=C(C1CCN(CC2CCCCO2)CC1)N1CCOCC1. The molecule has 0 spiro atoms. The molecule has 3 heterocycles. The first-order chi connectivity index (χ1) is 10.3. The molecule has 3 aliphatic heterocycles. The maximum absolute atomic E-state index is 12.5. The minimum atomic E-state index is 0.228. The van der Waals surface area contributed by atoms with Gasteiger partial charge in [-0.3, -0.25) is 4.79 Å². The van der Waals surface area contributed by atoms with Crippen LogP contribution in [0.15, 0.2) is 0 Å². The highest BCUT2D eigenvalue weighted by molar-refractivity contribution is 5.79. The predicted octanol–water partition coefficient (Wildman–Crippen LogP) is 1.13. The molecule has 1 amide bonds. The van der Waals surface area contributed by atoms with E-state index in [1.807, 2.05) is 4.90 Å². The quantitative estimate of drug-likeness (QED) is 0.783. The van der Waals surface area contributed by atoms with Gasteiger partial charge in [-0.05, 0) is 45.2 Å². The van der Waals surface area contributed by atoms with Gasteiger partial charge in [0.2, 0.25) is 5.91 Å². The molecule has 5 nitrogen and oxygen atoms in total. The number of carbonyl (C=O) groups is 1. The number of piperidine rings is 1. The van der Waals surface area contributed by atoms with Gasteiger partial charge in [0.25, 0.3) is 0 Å². The predicted molar refractivity (Wildman–Crippen MR) is 80.2 cm³/mol. The largest absolute Gasteiger partial charge is 0.378 e. The fourth-order valence-corrected chi connectivity index (χ4v) is 3.64. The van der Waals surface area contributed by atoms with E-state index in [0.717, 1.165) is 52.2 Å². The lowest BCUT2D eigenvalue weighted by molar-refractivity contribution is -0.141. The summed E-state index contributed by atoms with van der Waals surface area (Å²) in [5, 5.41) is 0. The third-order valence-electron chi connectivity index (χ3n) is 5.00. The Morgan fingerprint density at radius 3 is 2.38 bits per heavy atom. The number of ether oxygens (including phenoxy) is 2. The molecule has 0 saturated carbocycles. The van der Waals surface area contributed by atoms with E-state index in [1.54, 1.807) is 0 Å². The van der Waals surface area contributed by atoms with Gasteiger partial charge in [-0.25, -0.2) is 0 Å². The van der Waals surface area contributed by atoms with Crippen molar-refractivity contribution in [2.45, 2.75) is 38.2 Å². The summed E-state index contributed by atoms with van der Waals surface area (Å²) in [5.41, 5.74) is 0. The van der Waals surface area contributed by atoms with E-state index in [4.69, 9.17) is 9.47 Å². The van der Waals surface area contributed by atoms with Crippen LogP contribution in [-0.4, -0.2) is 74.4 Å². The van der Waals surface area contributed by atoms with Crippen molar-refractivity contribution in [1.82, 2.24) is 9.80 Å². The smallest absolute Gasteiger partial charge is 0.225 e. The van der Waals surface area contributed by atoms with E-state index in [0.29, 0.717) is 25.2 Å². The first kappa shape index (κ1) is 15.3. The van der Waals surface area contributed by atoms with Gasteiger partial charge < -0.3 is 19.3 Å². The van der Waals surface area contributed by atoms with Crippen molar-refractivity contribution in [3.63, 3.8) is 0 Å². The van der Waals surface area contributed by atoms with Crippen LogP contribution in [0, 0.1) is 5.92 Å². The van der Waals surface area contributed by atoms with Crippen LogP contribution in [0.1, 0.15) is 32.1 Å². The van der Waals surface area contributed by atoms with Crippen LogP contribution < -0.4 is 0 Å². The molecule has 3 rings (SSSR count). The molecule has 0 radical (unpaired) electrons. The summed E-state index contributed by atoms with van der Waals surface area (Å²) in [5.74, 6) is 0.582. The lowest BCUT2D eigenvalue weighted by atomic mass is 9.94. The molecule has 0 aliphatic carbocycles. The number of rotatable bonds is 3. The summed E-state index contributed by atoms with van der Waals surface area (Å²) in [6, 6.07) is 0. The van der Waals surface area contributed by atoms with Gasteiger partial charge >= 0.3 is 0 Å². The number of hydrogen-bond donors (Lipinski definition) is 0. The lowest BCUT2D eigenvalue weighted by Crippen LogP contribution is -2.47. The molecule has 0 aromatic heterocycles. The molecule has 3 aliphatic rings. The average molecular weight is 296 g/mol. The van der Waals surface area contributed by atoms with Crippen molar-refractivity contribution in [3.05, 3.63) is 0 Å². The van der Waals surface area contributed by atoms with Crippen LogP contribution in [0.3, 0.4) is 0 Å². The number of amides is 1. The molecule has 3 saturated heterocycles. The molecule has 0 N–H and O–H groups in total. The van der Waals surface area contributed by atoms with Crippen LogP contribution in [0.2, 0.25) is 0 Å². The van der Waals surface area contributed by atoms with Crippen LogP contribution >= 0.6 is 0 Å². The third kappa shape index (κ3) is 4.18. The molecular weight excluding hydrogens is 268 g/mol. The zero-order valence-electron chi connectivity index (χ0n) is 13.0. The van der Waals surface area contributed by atoms with Crippen molar-refractivity contribution in [3.8, 4) is 0 Å². The van der Waals surface area contributed by atoms with Gasteiger partial charge in [-0.15, -0.1) is 0 Å². The number of carbonyl (C=O) groups excluding carboxylic acids is 1. The second-order valence-corrected chi connectivity index (χ2v) is 6.50. The Morgan fingerprint density at radius 1 is 0.952 bits per heavy atom. The molecule has 21 heavy (non-hydrogen) atoms. The second-order valence-electron chi connectivity index (χ2n) is 6.50. The van der Waals surface area contributed by atoms with Gasteiger partial charge in [0, 0.05) is 32.2 Å². The molecule has 0 aromatic rings. The molecule has 1 atom stereocenters. The monoisotopic (exact) mass is 296 g/mol. The second kappa shape index (κ2) is 7.56. The molecule has 1 unspecified atom stereocenters. The number of morpholine rings is 1. The highest BCUT2D eigenvalue weighted by Gasteiger charge is 2.30. The molecule has 5 heteroatoms. The Kier molecular flexibility index (Phi) is 5.49. The number of likely N-dealkylation sites (tertiary alicyclic amines) is 1. The van der Waals surface area contributed by atoms with Gasteiger partial charge in [-0.2, -0.15) is 0 Å². The molecular formula is C16H28N2O3. The minimum Gasteiger partial charge on any atom is -0.378 e. The summed E-state index contributed by atoms with van der Waals surface area (Å²) in [4.78, 5) is 17.0. The van der Waals surface area contributed by atoms with Gasteiger partial charge in [0.15, 0.2) is 0 Å². The molecule has 0 aromatic carbocycles. The Labute approximate surface area is 127 Å². The molecule has 0 bridgehead atoms. The van der Waals surface area contributed by atoms with Crippen molar-refractivity contribution in [2.75, 3.05) is 52.5 Å². The zero-order valence-corrected chi connectivity index (χ0v) is 13.0. The Bertz CT molecular complexity index is 330. The highest BCUT2D eigenvalue weighted by atomic mass is 16.5. The fraction of sp³-hybridized carbons (Fsp3) is 0.938. The van der Waals surface area contributed by atoms with Gasteiger partial charge in [-0.1, -0.05) is 0 Å². The lowest BCUT2D eigenvalue weighted by Gasteiger charge is -2.37. The van der Waals surface area contributed by atoms with Crippen molar-refractivity contribution >= 4 is 5.91 Å². The van der Waals surface area contributed by atoms with Crippen molar-refractivity contribution in [2.24, 2.45) is 5.92 Å². The van der Waals surface area contributed by atoms with Gasteiger partial charge in [0.05, 0.1) is 19.3 Å². The standard InChI is InChI=1S/C16H28N2O3/c19-16(18-8-11-20-12-9-18)14-4-6-17(7-5-14)13-15-3-1-2-10-21-15/h14-15H,1-13H2. The van der Waals surface area contributed by atoms with Crippen LogP contribution in [-0.2, 0) is 14.3 Å². The molecule has 3 fully saturated rings. The minimum absolute atomic E-state index is 0.228. The Balaban J connectivity index is 1.40. The third-order valence-corrected chi connectivity index (χ3v) is 5.00. The zero-order chi connectivity index (χ0) is 14.5. The number of hydrogen-bond acceptors (Lipinski definition) is 4. The fourth-order valence-electron chi connectivity index (χ4n) is 3.64. The summed E-state index contributed by atoms with van der Waals surface area (Å²) >= 11 is 0. The van der Waals surface area contributed by atoms with Crippen molar-refractivity contribution < 1.29 is 14.3 Å². The summed E-state index contributed by atoms with van der Waals surface area (Å²) in [6.07, 6.45) is 6.15. The van der Waals surface area contributed by atoms with E-state index in [-0.39, 0.29) is 5.92 Å². The van der Waals surface area contributed by atoms with E-state index in [2.05, 4.69) is 4.90 Å². The maximum Gasteiger partial charge on any atom is 0.225 e. The Hall–Kier alpha value is -0.650. The van der Waals surface area contributed by atoms with E-state index >= 15 is 0 Å². The van der Waals surface area contributed by atoms with Crippen LogP contribution in [0.5, 0.6) is 0 Å². The van der Waals surface area contributed by atoms with Crippen LogP contribution in [0.25, 0.3) is 0 Å². The van der Waals surface area contributed by atoms with Gasteiger partial charge in [0.1, 0.15) is 0 Å². The molecule has 120 valence electrons. The average Bonchev–Trinajstić information content (AvgIpc) is 2.57. The normalized spacial score (nSPS) is 29.5. The van der Waals surface area contributed by atoms with E-state index < -0.39 is 0 Å².